The van der Waals surface area contributed by atoms with Gasteiger partial charge in [0, 0.05) is 17.9 Å². The Morgan fingerprint density at radius 3 is 2.53 bits per heavy atom. The maximum absolute atomic E-state index is 9.14. The molecule has 3 N–H and O–H groups in total. The summed E-state index contributed by atoms with van der Waals surface area (Å²) < 4.78 is 0. The molecule has 0 aliphatic rings. The lowest BCUT2D eigenvalue weighted by Crippen LogP contribution is -2.19. The Labute approximate surface area is 90.6 Å². The van der Waals surface area contributed by atoms with E-state index < -0.39 is 0 Å². The molecular formula is C11H19N3O. The fourth-order valence-electron chi connectivity index (χ4n) is 1.36. The number of nitrogens with zero attached hydrogens (tertiary/aromatic N) is 2. The Morgan fingerprint density at radius 1 is 1.40 bits per heavy atom. The predicted octanol–water partition coefficient (Wildman–Crippen LogP) is 0.943. The van der Waals surface area contributed by atoms with E-state index in [0.717, 1.165) is 11.4 Å². The lowest BCUT2D eigenvalue weighted by molar-refractivity contribution is 0.263. The van der Waals surface area contributed by atoms with Crippen LogP contribution in [-0.2, 0) is 0 Å². The highest BCUT2D eigenvalue weighted by Gasteiger charge is 2.14. The van der Waals surface area contributed by atoms with Crippen molar-refractivity contribution in [2.24, 2.45) is 5.73 Å². The monoisotopic (exact) mass is 209 g/mol. The van der Waals surface area contributed by atoms with E-state index in [1.165, 1.54) is 0 Å². The largest absolute Gasteiger partial charge is 0.396 e. The van der Waals surface area contributed by atoms with Crippen LogP contribution in [0.3, 0.4) is 0 Å². The van der Waals surface area contributed by atoms with E-state index in [4.69, 9.17) is 10.8 Å². The molecule has 4 heteroatoms. The lowest BCUT2D eigenvalue weighted by atomic mass is 10.1. The summed E-state index contributed by atoms with van der Waals surface area (Å²) in [6, 6.07) is 1.97. The van der Waals surface area contributed by atoms with Gasteiger partial charge in [0.25, 0.3) is 0 Å². The highest BCUT2D eigenvalue weighted by atomic mass is 16.3. The van der Waals surface area contributed by atoms with Crippen molar-refractivity contribution in [1.29, 1.82) is 0 Å². The molecule has 1 aromatic rings. The molecule has 1 heterocycles. The number of hydrogen-bond donors (Lipinski definition) is 2. The second-order valence-electron chi connectivity index (χ2n) is 4.06. The van der Waals surface area contributed by atoms with Crippen LogP contribution in [0.15, 0.2) is 6.07 Å². The average molecular weight is 209 g/mol. The summed E-state index contributed by atoms with van der Waals surface area (Å²) in [5.41, 5.74) is 7.48. The minimum absolute atomic E-state index is 0.00249. The second-order valence-corrected chi connectivity index (χ2v) is 4.06. The van der Waals surface area contributed by atoms with Gasteiger partial charge < -0.3 is 10.8 Å². The third-order valence-electron chi connectivity index (χ3n) is 2.35. The third-order valence-corrected chi connectivity index (χ3v) is 2.35. The van der Waals surface area contributed by atoms with Gasteiger partial charge in [0.2, 0.25) is 0 Å². The predicted molar refractivity (Wildman–Crippen MR) is 59.7 cm³/mol. The Balaban J connectivity index is 3.07. The zero-order valence-corrected chi connectivity index (χ0v) is 9.57. The summed E-state index contributed by atoms with van der Waals surface area (Å²) in [5, 5.41) is 9.14. The fourth-order valence-corrected chi connectivity index (χ4v) is 1.36. The molecule has 0 amide bonds. The van der Waals surface area contributed by atoms with Crippen LogP contribution in [0.4, 0.5) is 0 Å². The third kappa shape index (κ3) is 2.97. The first-order chi connectivity index (χ1) is 7.08. The number of hydrogen-bond acceptors (Lipinski definition) is 4. The van der Waals surface area contributed by atoms with Crippen LogP contribution < -0.4 is 5.73 Å². The number of rotatable bonds is 4. The van der Waals surface area contributed by atoms with Gasteiger partial charge in [-0.15, -0.1) is 0 Å². The van der Waals surface area contributed by atoms with E-state index in [2.05, 4.69) is 23.8 Å². The summed E-state index contributed by atoms with van der Waals surface area (Å²) in [6.45, 7) is 6.47. The van der Waals surface area contributed by atoms with Crippen molar-refractivity contribution in [3.05, 3.63) is 23.3 Å². The van der Waals surface area contributed by atoms with E-state index >= 15 is 0 Å². The lowest BCUT2D eigenvalue weighted by Gasteiger charge is -2.13. The van der Waals surface area contributed by atoms with E-state index in [9.17, 15) is 0 Å². The zero-order valence-electron chi connectivity index (χ0n) is 9.57. The zero-order chi connectivity index (χ0) is 11.4. The molecule has 1 rings (SSSR count). The van der Waals surface area contributed by atoms with Gasteiger partial charge >= 0.3 is 0 Å². The van der Waals surface area contributed by atoms with Crippen LogP contribution in [0.2, 0.25) is 0 Å². The molecule has 0 aliphatic heterocycles. The summed E-state index contributed by atoms with van der Waals surface area (Å²) in [6.07, 6.45) is 0. The van der Waals surface area contributed by atoms with Crippen molar-refractivity contribution >= 4 is 0 Å². The maximum Gasteiger partial charge on any atom is 0.135 e. The minimum Gasteiger partial charge on any atom is -0.396 e. The van der Waals surface area contributed by atoms with E-state index in [1.807, 2.05) is 13.0 Å². The van der Waals surface area contributed by atoms with Gasteiger partial charge in [-0.25, -0.2) is 9.97 Å². The highest BCUT2D eigenvalue weighted by Crippen LogP contribution is 2.16. The summed E-state index contributed by atoms with van der Waals surface area (Å²) >= 11 is 0. The SMILES string of the molecule is Cc1cc(C(C)C)nc(C(CN)CO)n1. The minimum atomic E-state index is -0.151. The average Bonchev–Trinajstić information content (AvgIpc) is 2.18. The van der Waals surface area contributed by atoms with Gasteiger partial charge in [-0.3, -0.25) is 0 Å². The van der Waals surface area contributed by atoms with Gasteiger partial charge in [0.05, 0.1) is 12.5 Å². The maximum atomic E-state index is 9.14. The van der Waals surface area contributed by atoms with Crippen LogP contribution in [-0.4, -0.2) is 28.2 Å². The molecule has 0 bridgehead atoms. The molecule has 0 spiro atoms. The molecule has 0 aliphatic carbocycles. The summed E-state index contributed by atoms with van der Waals surface area (Å²) in [7, 11) is 0. The van der Waals surface area contributed by atoms with Crippen LogP contribution >= 0.6 is 0 Å². The molecule has 0 saturated heterocycles. The molecule has 1 aromatic heterocycles. The molecule has 0 radical (unpaired) electrons. The number of nitrogens with two attached hydrogens (primary N) is 1. The Morgan fingerprint density at radius 2 is 2.07 bits per heavy atom. The molecule has 15 heavy (non-hydrogen) atoms. The van der Waals surface area contributed by atoms with Gasteiger partial charge in [0.1, 0.15) is 5.82 Å². The molecule has 0 saturated carbocycles. The first-order valence-electron chi connectivity index (χ1n) is 5.24. The highest BCUT2D eigenvalue weighted by molar-refractivity contribution is 5.15. The smallest absolute Gasteiger partial charge is 0.135 e. The van der Waals surface area contributed by atoms with Gasteiger partial charge in [-0.2, -0.15) is 0 Å². The number of aliphatic hydroxyl groups excluding tert-OH is 1. The molecule has 1 atom stereocenters. The quantitative estimate of drug-likeness (QED) is 0.774. The fraction of sp³-hybridized carbons (Fsp3) is 0.636. The molecule has 1 unspecified atom stereocenters. The standard InChI is InChI=1S/C11H19N3O/c1-7(2)10-4-8(3)13-11(14-10)9(5-12)6-15/h4,7,9,15H,5-6,12H2,1-3H3. The summed E-state index contributed by atoms with van der Waals surface area (Å²) in [5.74, 6) is 0.869. The van der Waals surface area contributed by atoms with Crippen LogP contribution in [0, 0.1) is 6.92 Å². The first kappa shape index (κ1) is 12.1. The van der Waals surface area contributed by atoms with Gasteiger partial charge in [-0.05, 0) is 18.9 Å². The number of aliphatic hydroxyl groups is 1. The Kier molecular flexibility index (Phi) is 4.17. The van der Waals surface area contributed by atoms with Crippen molar-refractivity contribution in [3.8, 4) is 0 Å². The molecule has 0 aromatic carbocycles. The van der Waals surface area contributed by atoms with Crippen molar-refractivity contribution < 1.29 is 5.11 Å². The van der Waals surface area contributed by atoms with E-state index in [-0.39, 0.29) is 12.5 Å². The van der Waals surface area contributed by atoms with Crippen molar-refractivity contribution in [2.75, 3.05) is 13.2 Å². The first-order valence-corrected chi connectivity index (χ1v) is 5.24. The van der Waals surface area contributed by atoms with Gasteiger partial charge in [-0.1, -0.05) is 13.8 Å². The molecular weight excluding hydrogens is 190 g/mol. The summed E-state index contributed by atoms with van der Waals surface area (Å²) in [4.78, 5) is 8.73. The van der Waals surface area contributed by atoms with Crippen molar-refractivity contribution in [2.45, 2.75) is 32.6 Å². The van der Waals surface area contributed by atoms with Crippen molar-refractivity contribution in [3.63, 3.8) is 0 Å². The van der Waals surface area contributed by atoms with Crippen LogP contribution in [0.1, 0.15) is 42.9 Å². The van der Waals surface area contributed by atoms with Gasteiger partial charge in [0.15, 0.2) is 0 Å². The van der Waals surface area contributed by atoms with E-state index in [1.54, 1.807) is 0 Å². The van der Waals surface area contributed by atoms with E-state index in [0.29, 0.717) is 18.3 Å². The second kappa shape index (κ2) is 5.19. The van der Waals surface area contributed by atoms with Crippen LogP contribution in [0.25, 0.3) is 0 Å². The molecule has 84 valence electrons. The normalized spacial score (nSPS) is 13.2. The van der Waals surface area contributed by atoms with Crippen LogP contribution in [0.5, 0.6) is 0 Å². The molecule has 0 fully saturated rings. The topological polar surface area (TPSA) is 72.0 Å². The van der Waals surface area contributed by atoms with Crippen molar-refractivity contribution in [1.82, 2.24) is 9.97 Å². The Bertz CT molecular complexity index is 322. The molecule has 4 nitrogen and oxygen atoms in total. The Hall–Kier alpha value is -1.00. The number of aryl methyl sites for hydroxylation is 1. The number of aromatic nitrogens is 2.